The van der Waals surface area contributed by atoms with Crippen molar-refractivity contribution in [3.63, 3.8) is 0 Å². The first-order valence-corrected chi connectivity index (χ1v) is 10.7. The van der Waals surface area contributed by atoms with E-state index in [1.807, 2.05) is 54.5 Å². The highest BCUT2D eigenvalue weighted by Gasteiger charge is 2.24. The zero-order chi connectivity index (χ0) is 19.9. The lowest BCUT2D eigenvalue weighted by atomic mass is 10.0. The number of carbonyl (C=O) groups excluding carboxylic acids is 2. The molecule has 150 valence electrons. The summed E-state index contributed by atoms with van der Waals surface area (Å²) in [5, 5.41) is 4.98. The van der Waals surface area contributed by atoms with Crippen LogP contribution in [0.15, 0.2) is 35.7 Å². The summed E-state index contributed by atoms with van der Waals surface area (Å²) in [6.45, 7) is 6.02. The molecule has 1 aliphatic heterocycles. The molecule has 0 radical (unpaired) electrons. The molecule has 6 heteroatoms. The molecule has 3 rings (SSSR count). The Labute approximate surface area is 170 Å². The maximum atomic E-state index is 12.4. The van der Waals surface area contributed by atoms with Crippen molar-refractivity contribution >= 4 is 23.2 Å². The fraction of sp³-hybridized carbons (Fsp3) is 0.455. The number of nitrogens with one attached hydrogen (secondary N) is 1. The summed E-state index contributed by atoms with van der Waals surface area (Å²) < 4.78 is 5.88. The van der Waals surface area contributed by atoms with Crippen molar-refractivity contribution in [2.24, 2.45) is 0 Å². The normalized spacial score (nSPS) is 14.7. The van der Waals surface area contributed by atoms with Crippen LogP contribution in [0, 0.1) is 13.8 Å². The van der Waals surface area contributed by atoms with Crippen LogP contribution >= 0.6 is 11.3 Å². The topological polar surface area (TPSA) is 58.6 Å². The minimum Gasteiger partial charge on any atom is -0.493 e. The van der Waals surface area contributed by atoms with E-state index in [4.69, 9.17) is 4.74 Å². The van der Waals surface area contributed by atoms with Gasteiger partial charge in [-0.1, -0.05) is 24.3 Å². The molecule has 1 aromatic heterocycles. The van der Waals surface area contributed by atoms with E-state index in [1.54, 1.807) is 0 Å². The number of para-hydroxylation sites is 1. The molecule has 0 aliphatic carbocycles. The molecule has 0 atom stereocenters. The Bertz CT molecular complexity index is 776. The molecule has 2 heterocycles. The van der Waals surface area contributed by atoms with Gasteiger partial charge in [0.1, 0.15) is 5.75 Å². The summed E-state index contributed by atoms with van der Waals surface area (Å²) in [5.74, 6) is 1.09. The van der Waals surface area contributed by atoms with Crippen molar-refractivity contribution in [2.75, 3.05) is 19.7 Å². The van der Waals surface area contributed by atoms with Gasteiger partial charge in [-0.25, -0.2) is 0 Å². The molecule has 0 bridgehead atoms. The number of likely N-dealkylation sites (tertiary alicyclic amines) is 1. The van der Waals surface area contributed by atoms with Crippen molar-refractivity contribution < 1.29 is 14.3 Å². The summed E-state index contributed by atoms with van der Waals surface area (Å²) in [4.78, 5) is 27.2. The van der Waals surface area contributed by atoms with Gasteiger partial charge in [-0.15, -0.1) is 11.3 Å². The second-order valence-corrected chi connectivity index (χ2v) is 8.23. The van der Waals surface area contributed by atoms with Crippen LogP contribution in [0.5, 0.6) is 5.75 Å². The van der Waals surface area contributed by atoms with Gasteiger partial charge in [0.05, 0.1) is 11.5 Å². The SMILES string of the molecule is Cc1cccc(C)c1OCCCC(=O)N1CCC(NC(=O)c2cccs2)CC1. The summed E-state index contributed by atoms with van der Waals surface area (Å²) in [7, 11) is 0. The molecular weight excluding hydrogens is 372 g/mol. The van der Waals surface area contributed by atoms with E-state index < -0.39 is 0 Å². The van der Waals surface area contributed by atoms with E-state index in [2.05, 4.69) is 5.32 Å². The predicted molar refractivity (Wildman–Crippen MR) is 112 cm³/mol. The Kier molecular flexibility index (Phi) is 7.09. The zero-order valence-corrected chi connectivity index (χ0v) is 17.4. The monoisotopic (exact) mass is 400 g/mol. The number of aryl methyl sites for hydroxylation is 2. The lowest BCUT2D eigenvalue weighted by molar-refractivity contribution is -0.132. The number of nitrogens with zero attached hydrogens (tertiary/aromatic N) is 1. The first kappa shape index (κ1) is 20.4. The second kappa shape index (κ2) is 9.73. The molecule has 1 saturated heterocycles. The minimum atomic E-state index is -0.0107. The quantitative estimate of drug-likeness (QED) is 0.716. The maximum absolute atomic E-state index is 12.4. The summed E-state index contributed by atoms with van der Waals surface area (Å²) in [6.07, 6.45) is 2.82. The van der Waals surface area contributed by atoms with E-state index in [1.165, 1.54) is 11.3 Å². The Morgan fingerprint density at radius 3 is 2.50 bits per heavy atom. The standard InChI is InChI=1S/C22H28N2O3S/c1-16-6-3-7-17(2)21(16)27-14-4-9-20(25)24-12-10-18(11-13-24)23-22(26)19-8-5-15-28-19/h3,5-8,15,18H,4,9-14H2,1-2H3,(H,23,26). The van der Waals surface area contributed by atoms with Crippen molar-refractivity contribution in [3.05, 3.63) is 51.7 Å². The van der Waals surface area contributed by atoms with Gasteiger partial charge in [-0.2, -0.15) is 0 Å². The number of ether oxygens (including phenoxy) is 1. The highest BCUT2D eigenvalue weighted by molar-refractivity contribution is 7.12. The maximum Gasteiger partial charge on any atom is 0.261 e. The van der Waals surface area contributed by atoms with Crippen molar-refractivity contribution in [3.8, 4) is 5.75 Å². The third-order valence-electron chi connectivity index (χ3n) is 5.12. The lowest BCUT2D eigenvalue weighted by Gasteiger charge is -2.32. The number of hydrogen-bond donors (Lipinski definition) is 1. The van der Waals surface area contributed by atoms with E-state index in [0.29, 0.717) is 32.5 Å². The molecule has 1 N–H and O–H groups in total. The van der Waals surface area contributed by atoms with Gasteiger partial charge in [0.2, 0.25) is 5.91 Å². The number of piperidine rings is 1. The van der Waals surface area contributed by atoms with Gasteiger partial charge in [-0.05, 0) is 55.7 Å². The summed E-state index contributed by atoms with van der Waals surface area (Å²) >= 11 is 1.45. The first-order valence-electron chi connectivity index (χ1n) is 9.86. The van der Waals surface area contributed by atoms with E-state index in [0.717, 1.165) is 34.6 Å². The van der Waals surface area contributed by atoms with Gasteiger partial charge >= 0.3 is 0 Å². The van der Waals surface area contributed by atoms with Crippen LogP contribution < -0.4 is 10.1 Å². The molecule has 1 aromatic carbocycles. The van der Waals surface area contributed by atoms with Gasteiger partial charge in [0.15, 0.2) is 0 Å². The fourth-order valence-corrected chi connectivity index (χ4v) is 4.15. The van der Waals surface area contributed by atoms with Gasteiger partial charge in [-0.3, -0.25) is 9.59 Å². The molecule has 2 amide bonds. The van der Waals surface area contributed by atoms with E-state index in [-0.39, 0.29) is 17.9 Å². The summed E-state index contributed by atoms with van der Waals surface area (Å²) in [5.41, 5.74) is 2.25. The Morgan fingerprint density at radius 2 is 1.86 bits per heavy atom. The molecule has 1 aliphatic rings. The van der Waals surface area contributed by atoms with Crippen LogP contribution in [-0.2, 0) is 4.79 Å². The lowest BCUT2D eigenvalue weighted by Crippen LogP contribution is -2.46. The van der Waals surface area contributed by atoms with Crippen LogP contribution in [-0.4, -0.2) is 42.5 Å². The van der Waals surface area contributed by atoms with Crippen LogP contribution in [0.1, 0.15) is 46.5 Å². The smallest absolute Gasteiger partial charge is 0.261 e. The van der Waals surface area contributed by atoms with Crippen LogP contribution in [0.3, 0.4) is 0 Å². The average molecular weight is 401 g/mol. The largest absolute Gasteiger partial charge is 0.493 e. The fourth-order valence-electron chi connectivity index (χ4n) is 3.52. The van der Waals surface area contributed by atoms with Gasteiger partial charge < -0.3 is 15.0 Å². The second-order valence-electron chi connectivity index (χ2n) is 7.28. The van der Waals surface area contributed by atoms with Crippen molar-refractivity contribution in [1.82, 2.24) is 10.2 Å². The molecule has 0 saturated carbocycles. The molecule has 0 spiro atoms. The van der Waals surface area contributed by atoms with E-state index >= 15 is 0 Å². The number of rotatable bonds is 7. The van der Waals surface area contributed by atoms with Crippen molar-refractivity contribution in [2.45, 2.75) is 45.6 Å². The number of amides is 2. The molecule has 28 heavy (non-hydrogen) atoms. The Morgan fingerprint density at radius 1 is 1.14 bits per heavy atom. The van der Waals surface area contributed by atoms with Gasteiger partial charge in [0, 0.05) is 25.6 Å². The van der Waals surface area contributed by atoms with Crippen molar-refractivity contribution in [1.29, 1.82) is 0 Å². The third kappa shape index (κ3) is 5.35. The number of carbonyl (C=O) groups is 2. The first-order chi connectivity index (χ1) is 13.5. The van der Waals surface area contributed by atoms with Crippen LogP contribution in [0.2, 0.25) is 0 Å². The predicted octanol–water partition coefficient (Wildman–Crippen LogP) is 3.94. The Balaban J connectivity index is 1.35. The van der Waals surface area contributed by atoms with Gasteiger partial charge in [0.25, 0.3) is 5.91 Å². The molecule has 1 fully saturated rings. The third-order valence-corrected chi connectivity index (χ3v) is 5.99. The number of benzene rings is 1. The molecule has 5 nitrogen and oxygen atoms in total. The number of hydrogen-bond acceptors (Lipinski definition) is 4. The summed E-state index contributed by atoms with van der Waals surface area (Å²) in [6, 6.07) is 9.95. The van der Waals surface area contributed by atoms with Crippen LogP contribution in [0.25, 0.3) is 0 Å². The highest BCUT2D eigenvalue weighted by atomic mass is 32.1. The Hall–Kier alpha value is -2.34. The van der Waals surface area contributed by atoms with Crippen LogP contribution in [0.4, 0.5) is 0 Å². The average Bonchev–Trinajstić information content (AvgIpc) is 3.22. The highest BCUT2D eigenvalue weighted by Crippen LogP contribution is 2.22. The number of thiophene rings is 1. The van der Waals surface area contributed by atoms with E-state index in [9.17, 15) is 9.59 Å². The minimum absolute atomic E-state index is 0.0107. The molecule has 2 aromatic rings. The zero-order valence-electron chi connectivity index (χ0n) is 16.6. The molecular formula is C22H28N2O3S. The molecule has 0 unspecified atom stereocenters.